The molecular formula is C19H23BN4O2. The molecule has 0 bridgehead atoms. The lowest BCUT2D eigenvalue weighted by Gasteiger charge is -2.32. The zero-order valence-corrected chi connectivity index (χ0v) is 15.8. The summed E-state index contributed by atoms with van der Waals surface area (Å²) in [5.74, 6) is 0. The molecule has 1 N–H and O–H groups in total. The maximum absolute atomic E-state index is 6.24. The molecule has 1 fully saturated rings. The van der Waals surface area contributed by atoms with Crippen LogP contribution in [0.1, 0.15) is 40.2 Å². The summed E-state index contributed by atoms with van der Waals surface area (Å²) in [6.45, 7) is 10.3. The van der Waals surface area contributed by atoms with E-state index in [1.807, 2.05) is 12.3 Å². The van der Waals surface area contributed by atoms with Gasteiger partial charge in [0.2, 0.25) is 0 Å². The van der Waals surface area contributed by atoms with E-state index in [2.05, 4.69) is 55.6 Å². The van der Waals surface area contributed by atoms with Crippen molar-refractivity contribution in [3.05, 3.63) is 36.4 Å². The molecular weight excluding hydrogens is 327 g/mol. The summed E-state index contributed by atoms with van der Waals surface area (Å²) >= 11 is 0. The fraction of sp³-hybridized carbons (Fsp3) is 0.421. The van der Waals surface area contributed by atoms with Crippen LogP contribution in [0.25, 0.3) is 22.4 Å². The van der Waals surface area contributed by atoms with Crippen LogP contribution in [0, 0.1) is 0 Å². The molecule has 0 saturated carbocycles. The van der Waals surface area contributed by atoms with Gasteiger partial charge in [0.25, 0.3) is 0 Å². The summed E-state index contributed by atoms with van der Waals surface area (Å²) in [7, 11) is -0.437. The van der Waals surface area contributed by atoms with Crippen LogP contribution in [0.15, 0.2) is 30.9 Å². The molecule has 1 aliphatic heterocycles. The van der Waals surface area contributed by atoms with Crippen LogP contribution in [-0.4, -0.2) is 38.3 Å². The molecule has 3 aromatic rings. The van der Waals surface area contributed by atoms with Gasteiger partial charge in [-0.15, -0.1) is 0 Å². The van der Waals surface area contributed by atoms with E-state index in [0.29, 0.717) is 5.65 Å². The minimum absolute atomic E-state index is 0.386. The molecule has 6 nitrogen and oxygen atoms in total. The first-order valence-corrected chi connectivity index (χ1v) is 8.96. The zero-order chi connectivity index (χ0) is 18.5. The quantitative estimate of drug-likeness (QED) is 0.736. The van der Waals surface area contributed by atoms with Crippen LogP contribution < -0.4 is 5.46 Å². The minimum Gasteiger partial charge on any atom is -0.399 e. The van der Waals surface area contributed by atoms with Crippen molar-refractivity contribution in [2.45, 2.75) is 52.2 Å². The van der Waals surface area contributed by atoms with Gasteiger partial charge < -0.3 is 14.3 Å². The predicted molar refractivity (Wildman–Crippen MR) is 102 cm³/mol. The first kappa shape index (κ1) is 17.2. The Labute approximate surface area is 153 Å². The molecule has 0 unspecified atom stereocenters. The lowest BCUT2D eigenvalue weighted by atomic mass is 9.77. The minimum atomic E-state index is -0.437. The number of fused-ring (bicyclic) bond motifs is 1. The molecule has 4 heterocycles. The van der Waals surface area contributed by atoms with E-state index in [1.165, 1.54) is 0 Å². The van der Waals surface area contributed by atoms with E-state index in [-0.39, 0.29) is 11.2 Å². The molecule has 1 saturated heterocycles. The van der Waals surface area contributed by atoms with Gasteiger partial charge in [0, 0.05) is 17.8 Å². The second-order valence-electron chi connectivity index (χ2n) is 7.66. The first-order chi connectivity index (χ1) is 12.3. The van der Waals surface area contributed by atoms with Gasteiger partial charge in [-0.1, -0.05) is 6.92 Å². The standard InChI is InChI=1S/C19H23BN4O2/c1-6-12-9-13-14(20-25-18(2,3)19(4,5)26-20)7-8-22-17(13)24-16(12)15-10-21-11-23-15/h7-11H,6H2,1-5H3,(H,21,23). The van der Waals surface area contributed by atoms with Crippen molar-refractivity contribution >= 4 is 23.6 Å². The number of pyridine rings is 2. The average molecular weight is 350 g/mol. The summed E-state index contributed by atoms with van der Waals surface area (Å²) in [6, 6.07) is 4.10. The lowest BCUT2D eigenvalue weighted by molar-refractivity contribution is 0.00578. The Morgan fingerprint density at radius 1 is 1.12 bits per heavy atom. The predicted octanol–water partition coefficient (Wildman–Crippen LogP) is 2.88. The third-order valence-electron chi connectivity index (χ3n) is 5.47. The average Bonchev–Trinajstić information content (AvgIpc) is 3.19. The Kier molecular flexibility index (Phi) is 3.89. The molecule has 1 aliphatic rings. The molecule has 134 valence electrons. The summed E-state index contributed by atoms with van der Waals surface area (Å²) in [5.41, 5.74) is 3.67. The maximum Gasteiger partial charge on any atom is 0.495 e. The summed E-state index contributed by atoms with van der Waals surface area (Å²) in [6.07, 6.45) is 6.12. The summed E-state index contributed by atoms with van der Waals surface area (Å²) < 4.78 is 12.5. The SMILES string of the molecule is CCc1cc2c(B3OC(C)(C)C(C)(C)O3)ccnc2nc1-c1c[nH]cn1. The van der Waals surface area contributed by atoms with Crippen molar-refractivity contribution in [3.63, 3.8) is 0 Å². The maximum atomic E-state index is 6.24. The molecule has 0 amide bonds. The van der Waals surface area contributed by atoms with E-state index >= 15 is 0 Å². The van der Waals surface area contributed by atoms with Gasteiger partial charge in [0.05, 0.1) is 23.2 Å². The van der Waals surface area contributed by atoms with Gasteiger partial charge in [-0.05, 0) is 57.3 Å². The topological polar surface area (TPSA) is 72.9 Å². The van der Waals surface area contributed by atoms with E-state index in [9.17, 15) is 0 Å². The number of H-pyrrole nitrogens is 1. The number of hydrogen-bond donors (Lipinski definition) is 1. The first-order valence-electron chi connectivity index (χ1n) is 8.96. The second-order valence-corrected chi connectivity index (χ2v) is 7.66. The van der Waals surface area contributed by atoms with Crippen molar-refractivity contribution in [2.24, 2.45) is 0 Å². The van der Waals surface area contributed by atoms with Gasteiger partial charge in [-0.3, -0.25) is 0 Å². The third-order valence-corrected chi connectivity index (χ3v) is 5.47. The molecule has 0 spiro atoms. The van der Waals surface area contributed by atoms with Gasteiger partial charge in [-0.2, -0.15) is 0 Å². The number of aromatic amines is 1. The van der Waals surface area contributed by atoms with E-state index in [1.54, 1.807) is 12.5 Å². The van der Waals surface area contributed by atoms with E-state index in [0.717, 1.165) is 34.2 Å². The molecule has 0 aliphatic carbocycles. The van der Waals surface area contributed by atoms with Crippen molar-refractivity contribution in [3.8, 4) is 11.4 Å². The van der Waals surface area contributed by atoms with Crippen molar-refractivity contribution < 1.29 is 9.31 Å². The monoisotopic (exact) mass is 350 g/mol. The Balaban J connectivity index is 1.85. The normalized spacial score (nSPS) is 18.6. The van der Waals surface area contributed by atoms with Crippen molar-refractivity contribution in [2.75, 3.05) is 0 Å². The molecule has 3 aromatic heterocycles. The molecule has 0 atom stereocenters. The number of rotatable bonds is 3. The highest BCUT2D eigenvalue weighted by atomic mass is 16.7. The van der Waals surface area contributed by atoms with Crippen LogP contribution >= 0.6 is 0 Å². The Morgan fingerprint density at radius 3 is 2.46 bits per heavy atom. The molecule has 4 rings (SSSR count). The van der Waals surface area contributed by atoms with E-state index < -0.39 is 7.12 Å². The highest BCUT2D eigenvalue weighted by Crippen LogP contribution is 2.37. The van der Waals surface area contributed by atoms with Crippen LogP contribution in [0.4, 0.5) is 0 Å². The summed E-state index contributed by atoms with van der Waals surface area (Å²) in [5, 5.41) is 0.960. The smallest absolute Gasteiger partial charge is 0.399 e. The zero-order valence-electron chi connectivity index (χ0n) is 15.8. The van der Waals surface area contributed by atoms with Crippen LogP contribution in [-0.2, 0) is 15.7 Å². The number of aryl methyl sites for hydroxylation is 1. The summed E-state index contributed by atoms with van der Waals surface area (Å²) in [4.78, 5) is 16.6. The largest absolute Gasteiger partial charge is 0.495 e. The van der Waals surface area contributed by atoms with Crippen LogP contribution in [0.5, 0.6) is 0 Å². The highest BCUT2D eigenvalue weighted by molar-refractivity contribution is 6.65. The van der Waals surface area contributed by atoms with Gasteiger partial charge in [0.15, 0.2) is 5.65 Å². The van der Waals surface area contributed by atoms with Gasteiger partial charge in [-0.25, -0.2) is 15.0 Å². The van der Waals surface area contributed by atoms with Crippen molar-refractivity contribution in [1.29, 1.82) is 0 Å². The van der Waals surface area contributed by atoms with Gasteiger partial charge >= 0.3 is 7.12 Å². The van der Waals surface area contributed by atoms with Gasteiger partial charge in [0.1, 0.15) is 5.69 Å². The second kappa shape index (κ2) is 5.89. The van der Waals surface area contributed by atoms with Crippen molar-refractivity contribution in [1.82, 2.24) is 19.9 Å². The third kappa shape index (κ3) is 2.62. The lowest BCUT2D eigenvalue weighted by Crippen LogP contribution is -2.41. The fourth-order valence-electron chi connectivity index (χ4n) is 3.19. The van der Waals surface area contributed by atoms with Crippen LogP contribution in [0.2, 0.25) is 0 Å². The number of hydrogen-bond acceptors (Lipinski definition) is 5. The number of nitrogens with zero attached hydrogens (tertiary/aromatic N) is 3. The number of aromatic nitrogens is 4. The Morgan fingerprint density at radius 2 is 1.85 bits per heavy atom. The van der Waals surface area contributed by atoms with Crippen LogP contribution in [0.3, 0.4) is 0 Å². The molecule has 0 aromatic carbocycles. The molecule has 7 heteroatoms. The molecule has 26 heavy (non-hydrogen) atoms. The molecule has 0 radical (unpaired) electrons. The van der Waals surface area contributed by atoms with E-state index in [4.69, 9.17) is 14.3 Å². The highest BCUT2D eigenvalue weighted by Gasteiger charge is 2.52. The number of imidazole rings is 1. The Bertz CT molecular complexity index is 938. The fourth-order valence-corrected chi connectivity index (χ4v) is 3.19. The number of nitrogens with one attached hydrogen (secondary N) is 1. The Hall–Kier alpha value is -2.25.